The summed E-state index contributed by atoms with van der Waals surface area (Å²) in [6.45, 7) is 1.84. The molecule has 1 aromatic rings. The molecule has 1 amide bonds. The average Bonchev–Trinajstić information content (AvgIpc) is 2.33. The van der Waals surface area contributed by atoms with Crippen molar-refractivity contribution in [3.63, 3.8) is 0 Å². The van der Waals surface area contributed by atoms with Gasteiger partial charge in [-0.25, -0.2) is 8.78 Å². The van der Waals surface area contributed by atoms with Crippen molar-refractivity contribution in [2.75, 3.05) is 5.73 Å². The SMILES string of the molecule is C#CCC(CC)NC(=O)c1cc(N)c(F)cc1F. The maximum Gasteiger partial charge on any atom is 0.254 e. The largest absolute Gasteiger partial charge is 0.396 e. The third-order valence-corrected chi connectivity index (χ3v) is 2.52. The second-order valence-electron chi connectivity index (χ2n) is 3.84. The zero-order valence-electron chi connectivity index (χ0n) is 9.97. The van der Waals surface area contributed by atoms with Gasteiger partial charge in [-0.3, -0.25) is 4.79 Å². The Morgan fingerprint density at radius 2 is 2.17 bits per heavy atom. The van der Waals surface area contributed by atoms with Gasteiger partial charge in [0.1, 0.15) is 11.6 Å². The number of nitrogens with two attached hydrogens (primary N) is 1. The van der Waals surface area contributed by atoms with Crippen molar-refractivity contribution in [1.29, 1.82) is 0 Å². The molecular weight excluding hydrogens is 238 g/mol. The number of terminal acetylenes is 1. The Hall–Kier alpha value is -2.09. The number of benzene rings is 1. The molecule has 0 bridgehead atoms. The van der Waals surface area contributed by atoms with Crippen LogP contribution in [0.5, 0.6) is 0 Å². The van der Waals surface area contributed by atoms with Crippen LogP contribution in [0.25, 0.3) is 0 Å². The first-order chi connectivity index (χ1) is 8.49. The summed E-state index contributed by atoms with van der Waals surface area (Å²) < 4.78 is 26.4. The third kappa shape index (κ3) is 3.20. The number of carbonyl (C=O) groups is 1. The van der Waals surface area contributed by atoms with Gasteiger partial charge < -0.3 is 11.1 Å². The molecule has 1 atom stereocenters. The number of nitrogen functional groups attached to an aromatic ring is 1. The number of halogens is 2. The average molecular weight is 252 g/mol. The zero-order valence-corrected chi connectivity index (χ0v) is 9.97. The van der Waals surface area contributed by atoms with Crippen molar-refractivity contribution in [2.24, 2.45) is 0 Å². The molecule has 0 fully saturated rings. The van der Waals surface area contributed by atoms with Crippen molar-refractivity contribution >= 4 is 11.6 Å². The van der Waals surface area contributed by atoms with Gasteiger partial charge in [-0.05, 0) is 12.5 Å². The van der Waals surface area contributed by atoms with Gasteiger partial charge >= 0.3 is 0 Å². The highest BCUT2D eigenvalue weighted by Gasteiger charge is 2.17. The summed E-state index contributed by atoms with van der Waals surface area (Å²) in [6, 6.07) is 1.32. The lowest BCUT2D eigenvalue weighted by atomic mass is 10.1. The van der Waals surface area contributed by atoms with E-state index in [0.29, 0.717) is 18.9 Å². The minimum atomic E-state index is -0.949. The van der Waals surface area contributed by atoms with Gasteiger partial charge in [0.2, 0.25) is 0 Å². The minimum Gasteiger partial charge on any atom is -0.396 e. The van der Waals surface area contributed by atoms with Crippen molar-refractivity contribution < 1.29 is 13.6 Å². The fourth-order valence-electron chi connectivity index (χ4n) is 1.44. The van der Waals surface area contributed by atoms with Crippen LogP contribution in [0.3, 0.4) is 0 Å². The van der Waals surface area contributed by atoms with Crippen molar-refractivity contribution in [3.8, 4) is 12.3 Å². The lowest BCUT2D eigenvalue weighted by molar-refractivity contribution is 0.0932. The van der Waals surface area contributed by atoms with Crippen LogP contribution in [0.4, 0.5) is 14.5 Å². The smallest absolute Gasteiger partial charge is 0.254 e. The number of nitrogens with one attached hydrogen (secondary N) is 1. The second-order valence-corrected chi connectivity index (χ2v) is 3.84. The lowest BCUT2D eigenvalue weighted by Crippen LogP contribution is -2.34. The van der Waals surface area contributed by atoms with Gasteiger partial charge in [0.05, 0.1) is 11.3 Å². The van der Waals surface area contributed by atoms with Crippen LogP contribution in [-0.2, 0) is 0 Å². The molecule has 3 N–H and O–H groups in total. The molecule has 18 heavy (non-hydrogen) atoms. The Kier molecular flexibility index (Phi) is 4.67. The fraction of sp³-hybridized carbons (Fsp3) is 0.308. The molecule has 0 aliphatic heterocycles. The number of hydrogen-bond acceptors (Lipinski definition) is 2. The predicted octanol–water partition coefficient (Wildman–Crippen LogP) is 2.08. The molecule has 0 aliphatic carbocycles. The quantitative estimate of drug-likeness (QED) is 0.636. The molecule has 5 heteroatoms. The zero-order chi connectivity index (χ0) is 13.7. The number of anilines is 1. The molecule has 0 spiro atoms. The summed E-state index contributed by atoms with van der Waals surface area (Å²) in [5.41, 5.74) is 4.74. The molecule has 0 aliphatic rings. The van der Waals surface area contributed by atoms with Crippen molar-refractivity contribution in [2.45, 2.75) is 25.8 Å². The van der Waals surface area contributed by atoms with Crippen LogP contribution in [0.2, 0.25) is 0 Å². The van der Waals surface area contributed by atoms with Crippen LogP contribution < -0.4 is 11.1 Å². The summed E-state index contributed by atoms with van der Waals surface area (Å²) in [5.74, 6) is -0.0725. The summed E-state index contributed by atoms with van der Waals surface area (Å²) in [4.78, 5) is 11.8. The Labute approximate surface area is 104 Å². The van der Waals surface area contributed by atoms with E-state index in [4.69, 9.17) is 12.2 Å². The molecule has 1 aromatic carbocycles. The van der Waals surface area contributed by atoms with Gasteiger partial charge in [-0.15, -0.1) is 12.3 Å². The van der Waals surface area contributed by atoms with E-state index in [0.717, 1.165) is 6.07 Å². The minimum absolute atomic E-state index is 0.242. The number of carbonyl (C=O) groups excluding carboxylic acids is 1. The highest BCUT2D eigenvalue weighted by Crippen LogP contribution is 2.16. The van der Waals surface area contributed by atoms with E-state index < -0.39 is 17.5 Å². The topological polar surface area (TPSA) is 55.1 Å². The van der Waals surface area contributed by atoms with E-state index in [2.05, 4.69) is 11.2 Å². The lowest BCUT2D eigenvalue weighted by Gasteiger charge is -2.14. The Morgan fingerprint density at radius 1 is 1.50 bits per heavy atom. The van der Waals surface area contributed by atoms with Crippen LogP contribution in [0, 0.1) is 24.0 Å². The standard InChI is InChI=1S/C13H14F2N2O/c1-3-5-8(4-2)17-13(18)9-6-12(16)11(15)7-10(9)14/h1,6-8H,4-5,16H2,2H3,(H,17,18). The van der Waals surface area contributed by atoms with Crippen LogP contribution >= 0.6 is 0 Å². The molecule has 0 aromatic heterocycles. The Morgan fingerprint density at radius 3 is 2.72 bits per heavy atom. The normalized spacial score (nSPS) is 11.7. The molecule has 0 saturated carbocycles. The van der Waals surface area contributed by atoms with E-state index in [1.165, 1.54) is 0 Å². The van der Waals surface area contributed by atoms with E-state index in [-0.39, 0.29) is 17.3 Å². The number of rotatable bonds is 4. The highest BCUT2D eigenvalue weighted by atomic mass is 19.1. The van der Waals surface area contributed by atoms with Gasteiger partial charge in [0, 0.05) is 18.5 Å². The third-order valence-electron chi connectivity index (χ3n) is 2.52. The molecule has 0 radical (unpaired) electrons. The number of hydrogen-bond donors (Lipinski definition) is 2. The van der Waals surface area contributed by atoms with Gasteiger partial charge in [-0.2, -0.15) is 0 Å². The van der Waals surface area contributed by atoms with E-state index in [1.807, 2.05) is 6.92 Å². The maximum absolute atomic E-state index is 13.4. The Bertz CT molecular complexity index is 494. The van der Waals surface area contributed by atoms with Gasteiger partial charge in [0.15, 0.2) is 0 Å². The fourth-order valence-corrected chi connectivity index (χ4v) is 1.44. The molecule has 3 nitrogen and oxygen atoms in total. The predicted molar refractivity (Wildman–Crippen MR) is 65.8 cm³/mol. The number of amides is 1. The molecular formula is C13H14F2N2O. The molecule has 0 saturated heterocycles. The van der Waals surface area contributed by atoms with Crippen LogP contribution in [0.1, 0.15) is 30.1 Å². The van der Waals surface area contributed by atoms with E-state index >= 15 is 0 Å². The first-order valence-corrected chi connectivity index (χ1v) is 5.48. The first-order valence-electron chi connectivity index (χ1n) is 5.48. The van der Waals surface area contributed by atoms with Crippen molar-refractivity contribution in [1.82, 2.24) is 5.32 Å². The Balaban J connectivity index is 2.91. The maximum atomic E-state index is 13.4. The molecule has 1 rings (SSSR count). The van der Waals surface area contributed by atoms with Crippen LogP contribution in [0.15, 0.2) is 12.1 Å². The summed E-state index contributed by atoms with van der Waals surface area (Å²) in [7, 11) is 0. The van der Waals surface area contributed by atoms with Gasteiger partial charge in [0.25, 0.3) is 5.91 Å². The second kappa shape index (κ2) is 6.01. The summed E-state index contributed by atoms with van der Waals surface area (Å²) >= 11 is 0. The first kappa shape index (κ1) is 14.0. The van der Waals surface area contributed by atoms with E-state index in [1.54, 1.807) is 0 Å². The van der Waals surface area contributed by atoms with Crippen LogP contribution in [-0.4, -0.2) is 11.9 Å². The monoisotopic (exact) mass is 252 g/mol. The van der Waals surface area contributed by atoms with E-state index in [9.17, 15) is 13.6 Å². The van der Waals surface area contributed by atoms with Gasteiger partial charge in [-0.1, -0.05) is 6.92 Å². The highest BCUT2D eigenvalue weighted by molar-refractivity contribution is 5.95. The summed E-state index contributed by atoms with van der Waals surface area (Å²) in [6.07, 6.45) is 6.12. The molecule has 96 valence electrons. The van der Waals surface area contributed by atoms with Crippen molar-refractivity contribution in [3.05, 3.63) is 29.3 Å². The molecule has 1 unspecified atom stereocenters. The molecule has 0 heterocycles. The summed E-state index contributed by atoms with van der Waals surface area (Å²) in [5, 5.41) is 2.57.